The van der Waals surface area contributed by atoms with Crippen LogP contribution in [0.2, 0.25) is 0 Å². The second kappa shape index (κ2) is 14.6. The molecule has 0 fully saturated rings. The minimum Gasteiger partial charge on any atom is -0.534 e. The van der Waals surface area contributed by atoms with Crippen molar-refractivity contribution in [1.82, 2.24) is 30.8 Å². The average molecular weight is 692 g/mol. The fourth-order valence-corrected chi connectivity index (χ4v) is 5.83. The molecule has 3 aromatic rings. The molecule has 22 heteroatoms. The first-order valence-electron chi connectivity index (χ1n) is 13.7. The molecule has 0 bridgehead atoms. The number of aromatic carboxylic acids is 1. The lowest BCUT2D eigenvalue weighted by Crippen LogP contribution is -2.53. The molecule has 1 aromatic heterocycles. The highest BCUT2D eigenvalue weighted by molar-refractivity contribution is 8.00. The van der Waals surface area contributed by atoms with Gasteiger partial charge >= 0.3 is 26.2 Å². The fourth-order valence-electron chi connectivity index (χ4n) is 4.81. The van der Waals surface area contributed by atoms with Crippen LogP contribution in [0.25, 0.3) is 0 Å². The van der Waals surface area contributed by atoms with Gasteiger partial charge in [-0.2, -0.15) is 8.78 Å². The van der Waals surface area contributed by atoms with Gasteiger partial charge in [0, 0.05) is 7.05 Å². The minimum atomic E-state index is -2.78. The fraction of sp³-hybridized carbons (Fsp3) is 0.320. The number of halogens is 2. The normalized spacial score (nSPS) is 16.8. The van der Waals surface area contributed by atoms with Gasteiger partial charge in [0.05, 0.1) is 23.4 Å². The molecular weight excluding hydrogens is 668 g/mol. The lowest BCUT2D eigenvalue weighted by molar-refractivity contribution is -0.119. The number of nitrogens with zero attached hydrogens (tertiary/aromatic N) is 4. The van der Waals surface area contributed by atoms with Gasteiger partial charge in [-0.1, -0.05) is 35.7 Å². The lowest BCUT2D eigenvalue weighted by atomic mass is 9.72. The number of carboxylic acids is 1. The largest absolute Gasteiger partial charge is 0.547 e. The van der Waals surface area contributed by atoms with E-state index in [1.54, 1.807) is 13.1 Å². The number of carboxylic acid groups (broad SMARTS) is 1. The molecule has 3 heterocycles. The maximum Gasteiger partial charge on any atom is 0.547 e. The maximum absolute atomic E-state index is 13.3. The Kier molecular flexibility index (Phi) is 10.5. The van der Waals surface area contributed by atoms with E-state index in [4.69, 9.17) is 14.0 Å². The van der Waals surface area contributed by atoms with Crippen LogP contribution >= 0.6 is 23.5 Å². The Balaban J connectivity index is 1.29. The molecule has 2 aliphatic heterocycles. The number of carbonyl (C=O) groups excluding carboxylic acids is 3. The van der Waals surface area contributed by atoms with Gasteiger partial charge in [0.2, 0.25) is 17.0 Å². The highest BCUT2D eigenvalue weighted by Crippen LogP contribution is 2.36. The summed E-state index contributed by atoms with van der Waals surface area (Å²) in [6, 6.07) is 6.84. The van der Waals surface area contributed by atoms with E-state index < -0.39 is 66.9 Å². The highest BCUT2D eigenvalue weighted by atomic mass is 32.2. The summed E-state index contributed by atoms with van der Waals surface area (Å²) in [5.74, 6) is -9.47. The van der Waals surface area contributed by atoms with E-state index in [0.29, 0.717) is 10.7 Å². The maximum atomic E-state index is 13.3. The average Bonchev–Trinajstić information content (AvgIpc) is 3.43. The molecule has 5 rings (SSSR count). The van der Waals surface area contributed by atoms with Crippen LogP contribution in [-0.4, -0.2) is 102 Å². The molecule has 0 aliphatic carbocycles. The number of nitrogens with one attached hydrogen (secondary N) is 2. The monoisotopic (exact) mass is 692 g/mol. The second-order valence-electron chi connectivity index (χ2n) is 10.2. The third-order valence-electron chi connectivity index (χ3n) is 6.89. The Labute approximate surface area is 273 Å². The Morgan fingerprint density at radius 2 is 1.66 bits per heavy atom. The highest BCUT2D eigenvalue weighted by Gasteiger charge is 2.40. The number of tetrazole rings is 1. The summed E-state index contributed by atoms with van der Waals surface area (Å²) in [6.07, 6.45) is -0.0749. The molecule has 47 heavy (non-hydrogen) atoms. The quantitative estimate of drug-likeness (QED) is 0.0757. The van der Waals surface area contributed by atoms with Gasteiger partial charge in [-0.05, 0) is 52.6 Å². The summed E-state index contributed by atoms with van der Waals surface area (Å²) in [5, 5.41) is 47.2. The van der Waals surface area contributed by atoms with Gasteiger partial charge in [0.25, 0.3) is 5.76 Å². The van der Waals surface area contributed by atoms with Crippen molar-refractivity contribution in [1.29, 1.82) is 0 Å². The summed E-state index contributed by atoms with van der Waals surface area (Å²) >= 11 is 1.18. The number of hydrogen-bond acceptors (Lipinski definition) is 14. The SMILES string of the molecule is Cn1nnnc1SCC(=O)N[C@H]1Cc2cccc(C(=O)Oc3cc4c(c(C(=O)O)c3)OB(O)[C@@H](NC(=O)CSC(F)F)C4)c2OB1O. The zero-order valence-electron chi connectivity index (χ0n) is 24.2. The van der Waals surface area contributed by atoms with Crippen molar-refractivity contribution >= 4 is 61.5 Å². The van der Waals surface area contributed by atoms with Crippen LogP contribution in [0.3, 0.4) is 0 Å². The van der Waals surface area contributed by atoms with Crippen molar-refractivity contribution in [3.8, 4) is 17.2 Å². The number of rotatable bonds is 11. The number of amides is 2. The molecule has 2 aromatic carbocycles. The molecule has 5 N–H and O–H groups in total. The van der Waals surface area contributed by atoms with Gasteiger partial charge in [0.15, 0.2) is 0 Å². The molecule has 2 atom stereocenters. The smallest absolute Gasteiger partial charge is 0.534 e. The summed E-state index contributed by atoms with van der Waals surface area (Å²) < 4.78 is 42.8. The standard InChI is InChI=1S/C25H24B2F2N6O10S2/c1-35-25(32-33-34-35)47-10-19(37)30-16-6-11-3-2-4-14(20(11)44-26(16)41)23(40)43-13-5-12-7-17(31-18(36)9-46-24(28)29)27(42)45-21(12)15(8-13)22(38)39/h2-5,8,16-17,24,41-42H,6-7,9-10H2,1H3,(H,30,37)(H,31,36)(H,38,39)/t16-,17-/m0/s1. The van der Waals surface area contributed by atoms with Crippen LogP contribution in [-0.2, 0) is 29.5 Å². The number of ether oxygens (including phenoxy) is 1. The van der Waals surface area contributed by atoms with Crippen LogP contribution in [0.5, 0.6) is 17.2 Å². The molecule has 0 radical (unpaired) electrons. The van der Waals surface area contributed by atoms with Crippen LogP contribution in [0, 0.1) is 0 Å². The van der Waals surface area contributed by atoms with E-state index in [-0.39, 0.29) is 58.7 Å². The summed E-state index contributed by atoms with van der Waals surface area (Å²) in [4.78, 5) is 49.9. The topological polar surface area (TPSA) is 224 Å². The van der Waals surface area contributed by atoms with Crippen LogP contribution in [0.15, 0.2) is 35.5 Å². The van der Waals surface area contributed by atoms with E-state index >= 15 is 0 Å². The first kappa shape index (κ1) is 33.9. The van der Waals surface area contributed by atoms with Crippen LogP contribution in [0.1, 0.15) is 31.8 Å². The molecule has 0 unspecified atom stereocenters. The molecule has 246 valence electrons. The number of esters is 1. The number of fused-ring (bicyclic) bond motifs is 2. The molecule has 0 saturated carbocycles. The first-order valence-corrected chi connectivity index (χ1v) is 15.7. The van der Waals surface area contributed by atoms with Gasteiger partial charge in [-0.3, -0.25) is 9.59 Å². The van der Waals surface area contributed by atoms with E-state index in [1.165, 1.54) is 22.9 Å². The van der Waals surface area contributed by atoms with Crippen molar-refractivity contribution < 1.29 is 57.2 Å². The van der Waals surface area contributed by atoms with Gasteiger partial charge in [0.1, 0.15) is 28.4 Å². The number of hydrogen-bond donors (Lipinski definition) is 5. The Bertz CT molecular complexity index is 1710. The zero-order chi connectivity index (χ0) is 33.8. The minimum absolute atomic E-state index is 0.00218. The van der Waals surface area contributed by atoms with Crippen molar-refractivity contribution in [3.63, 3.8) is 0 Å². The molecule has 0 saturated heterocycles. The molecule has 2 amide bonds. The number of aromatic nitrogens is 4. The third kappa shape index (κ3) is 8.13. The predicted octanol–water partition coefficient (Wildman–Crippen LogP) is -0.246. The lowest BCUT2D eigenvalue weighted by Gasteiger charge is -2.29. The molecule has 2 aliphatic rings. The van der Waals surface area contributed by atoms with Gasteiger partial charge in [-0.25, -0.2) is 14.3 Å². The number of aryl methyl sites for hydroxylation is 1. The first-order chi connectivity index (χ1) is 22.4. The van der Waals surface area contributed by atoms with E-state index in [1.807, 2.05) is 0 Å². The molecule has 0 spiro atoms. The second-order valence-corrected chi connectivity index (χ2v) is 12.1. The van der Waals surface area contributed by atoms with Crippen molar-refractivity contribution in [2.45, 2.75) is 35.6 Å². The molecular formula is C25H24B2F2N6O10S2. The van der Waals surface area contributed by atoms with Crippen LogP contribution in [0.4, 0.5) is 8.78 Å². The summed E-state index contributed by atoms with van der Waals surface area (Å²) in [7, 11) is -1.59. The number of alkyl halides is 2. The van der Waals surface area contributed by atoms with Crippen molar-refractivity contribution in [2.75, 3.05) is 11.5 Å². The van der Waals surface area contributed by atoms with Crippen molar-refractivity contribution in [2.24, 2.45) is 7.05 Å². The Morgan fingerprint density at radius 1 is 1.02 bits per heavy atom. The predicted molar refractivity (Wildman–Crippen MR) is 161 cm³/mol. The van der Waals surface area contributed by atoms with E-state index in [0.717, 1.165) is 17.8 Å². The molecule has 16 nitrogen and oxygen atoms in total. The number of para-hydroxylation sites is 1. The number of benzene rings is 2. The zero-order valence-corrected chi connectivity index (χ0v) is 25.8. The summed E-state index contributed by atoms with van der Waals surface area (Å²) in [5.41, 5.74) is 0.0811. The van der Waals surface area contributed by atoms with Crippen LogP contribution < -0.4 is 24.7 Å². The van der Waals surface area contributed by atoms with Crippen molar-refractivity contribution in [3.05, 3.63) is 52.6 Å². The number of thioether (sulfide) groups is 2. The van der Waals surface area contributed by atoms with E-state index in [9.17, 15) is 43.1 Å². The Morgan fingerprint density at radius 3 is 2.28 bits per heavy atom. The summed E-state index contributed by atoms with van der Waals surface area (Å²) in [6.45, 7) is 0. The number of carbonyl (C=O) groups is 4. The van der Waals surface area contributed by atoms with Gasteiger partial charge in [-0.15, -0.1) is 5.10 Å². The third-order valence-corrected chi connectivity index (χ3v) is 8.58. The Hall–Kier alpha value is -4.40. The van der Waals surface area contributed by atoms with E-state index in [2.05, 4.69) is 26.2 Å². The van der Waals surface area contributed by atoms with Gasteiger partial charge < -0.3 is 39.8 Å².